The molecular weight excluding hydrogens is 200 g/mol. The summed E-state index contributed by atoms with van der Waals surface area (Å²) in [7, 11) is 1.66. The maximum atomic E-state index is 8.71. The van der Waals surface area contributed by atoms with Gasteiger partial charge in [0.15, 0.2) is 0 Å². The van der Waals surface area contributed by atoms with Crippen LogP contribution in [0.3, 0.4) is 0 Å². The topological polar surface area (TPSA) is 36.3 Å². The highest BCUT2D eigenvalue weighted by Gasteiger charge is 2.04. The van der Waals surface area contributed by atoms with Gasteiger partial charge in [-0.3, -0.25) is 4.90 Å². The summed E-state index contributed by atoms with van der Waals surface area (Å²) in [4.78, 5) is 2.14. The zero-order chi connectivity index (χ0) is 11.8. The van der Waals surface area contributed by atoms with Gasteiger partial charge in [0, 0.05) is 6.54 Å². The third-order valence-corrected chi connectivity index (χ3v) is 2.40. The number of rotatable bonds is 6. The molecule has 0 N–H and O–H groups in total. The number of nitrogens with zero attached hydrogens (tertiary/aromatic N) is 2. The van der Waals surface area contributed by atoms with Gasteiger partial charge in [-0.15, -0.1) is 0 Å². The summed E-state index contributed by atoms with van der Waals surface area (Å²) < 4.78 is 5.10. The number of hydrogen-bond acceptors (Lipinski definition) is 3. The fourth-order valence-corrected chi connectivity index (χ4v) is 1.62. The van der Waals surface area contributed by atoms with Gasteiger partial charge in [-0.2, -0.15) is 5.26 Å². The Morgan fingerprint density at radius 1 is 1.31 bits per heavy atom. The lowest BCUT2D eigenvalue weighted by Gasteiger charge is -2.18. The van der Waals surface area contributed by atoms with Crippen molar-refractivity contribution >= 4 is 0 Å². The zero-order valence-electron chi connectivity index (χ0n) is 9.94. The van der Waals surface area contributed by atoms with Gasteiger partial charge in [0.25, 0.3) is 0 Å². The van der Waals surface area contributed by atoms with Crippen LogP contribution in [-0.2, 0) is 6.54 Å². The summed E-state index contributed by atoms with van der Waals surface area (Å²) in [6.45, 7) is 4.39. The average Bonchev–Trinajstić information content (AvgIpc) is 2.31. The minimum absolute atomic E-state index is 0.486. The van der Waals surface area contributed by atoms with Crippen LogP contribution >= 0.6 is 0 Å². The molecule has 0 aromatic heterocycles. The van der Waals surface area contributed by atoms with Crippen molar-refractivity contribution in [2.24, 2.45) is 0 Å². The van der Waals surface area contributed by atoms with Crippen LogP contribution in [0.2, 0.25) is 0 Å². The molecule has 3 nitrogen and oxygen atoms in total. The molecule has 0 bridgehead atoms. The quantitative estimate of drug-likeness (QED) is 0.688. The molecule has 86 valence electrons. The number of nitriles is 1. The van der Waals surface area contributed by atoms with E-state index < -0.39 is 0 Å². The summed E-state index contributed by atoms with van der Waals surface area (Å²) in [5.74, 6) is 0.867. The monoisotopic (exact) mass is 218 g/mol. The highest BCUT2D eigenvalue weighted by Crippen LogP contribution is 2.12. The molecule has 0 saturated carbocycles. The fourth-order valence-electron chi connectivity index (χ4n) is 1.62. The van der Waals surface area contributed by atoms with Crippen LogP contribution in [0.5, 0.6) is 5.75 Å². The number of methoxy groups -OCH3 is 1. The lowest BCUT2D eigenvalue weighted by Crippen LogP contribution is -2.24. The first-order chi connectivity index (χ1) is 7.80. The highest BCUT2D eigenvalue weighted by molar-refractivity contribution is 5.27. The molecule has 1 aromatic rings. The molecule has 0 atom stereocenters. The maximum absolute atomic E-state index is 8.71. The van der Waals surface area contributed by atoms with Gasteiger partial charge in [0.1, 0.15) is 5.75 Å². The van der Waals surface area contributed by atoms with E-state index in [1.165, 1.54) is 5.56 Å². The normalized spacial score (nSPS) is 10.1. The van der Waals surface area contributed by atoms with Crippen LogP contribution in [0.25, 0.3) is 0 Å². The van der Waals surface area contributed by atoms with Crippen molar-refractivity contribution in [3.05, 3.63) is 29.8 Å². The van der Waals surface area contributed by atoms with E-state index >= 15 is 0 Å². The summed E-state index contributed by atoms with van der Waals surface area (Å²) in [6.07, 6.45) is 1.07. The van der Waals surface area contributed by atoms with Crippen molar-refractivity contribution in [1.82, 2.24) is 4.90 Å². The van der Waals surface area contributed by atoms with Gasteiger partial charge in [0.05, 0.1) is 19.7 Å². The first kappa shape index (κ1) is 12.5. The van der Waals surface area contributed by atoms with Crippen LogP contribution < -0.4 is 4.74 Å². The van der Waals surface area contributed by atoms with E-state index in [0.717, 1.165) is 25.3 Å². The Labute approximate surface area is 97.3 Å². The number of ether oxygens (including phenoxy) is 1. The first-order valence-electron chi connectivity index (χ1n) is 5.52. The molecule has 16 heavy (non-hydrogen) atoms. The lowest BCUT2D eigenvalue weighted by atomic mass is 10.2. The van der Waals surface area contributed by atoms with Crippen LogP contribution in [0, 0.1) is 11.3 Å². The number of hydrogen-bond donors (Lipinski definition) is 0. The Morgan fingerprint density at radius 3 is 2.50 bits per heavy atom. The molecule has 0 unspecified atom stereocenters. The molecule has 1 aromatic carbocycles. The zero-order valence-corrected chi connectivity index (χ0v) is 9.94. The Bertz CT molecular complexity index is 340. The van der Waals surface area contributed by atoms with E-state index in [9.17, 15) is 0 Å². The molecule has 0 fully saturated rings. The predicted octanol–water partition coefficient (Wildman–Crippen LogP) is 2.43. The third kappa shape index (κ3) is 3.92. The van der Waals surface area contributed by atoms with E-state index in [4.69, 9.17) is 10.00 Å². The van der Waals surface area contributed by atoms with Gasteiger partial charge < -0.3 is 4.74 Å². The van der Waals surface area contributed by atoms with Crippen LogP contribution in [0.4, 0.5) is 0 Å². The Balaban J connectivity index is 2.59. The SMILES string of the molecule is CCCN(CC#N)Cc1ccc(OC)cc1. The second-order valence-electron chi connectivity index (χ2n) is 3.72. The van der Waals surface area contributed by atoms with Gasteiger partial charge >= 0.3 is 0 Å². The highest BCUT2D eigenvalue weighted by atomic mass is 16.5. The Kier molecular flexibility index (Phi) is 5.38. The maximum Gasteiger partial charge on any atom is 0.118 e. The second-order valence-corrected chi connectivity index (χ2v) is 3.72. The average molecular weight is 218 g/mol. The van der Waals surface area contributed by atoms with E-state index in [1.54, 1.807) is 7.11 Å². The molecule has 1 rings (SSSR count). The minimum Gasteiger partial charge on any atom is -0.497 e. The van der Waals surface area contributed by atoms with Gasteiger partial charge in [-0.05, 0) is 30.7 Å². The fraction of sp³-hybridized carbons (Fsp3) is 0.462. The molecule has 0 spiro atoms. The largest absolute Gasteiger partial charge is 0.497 e. The van der Waals surface area contributed by atoms with E-state index in [0.29, 0.717) is 6.54 Å². The van der Waals surface area contributed by atoms with Crippen molar-refractivity contribution in [2.45, 2.75) is 19.9 Å². The second kappa shape index (κ2) is 6.86. The molecule has 0 aliphatic heterocycles. The molecule has 0 aliphatic rings. The summed E-state index contributed by atoms with van der Waals surface area (Å²) in [6, 6.07) is 10.2. The summed E-state index contributed by atoms with van der Waals surface area (Å²) in [5, 5.41) is 8.71. The molecule has 0 aliphatic carbocycles. The van der Waals surface area contributed by atoms with E-state index in [-0.39, 0.29) is 0 Å². The van der Waals surface area contributed by atoms with E-state index in [2.05, 4.69) is 17.9 Å². The molecule has 0 radical (unpaired) electrons. The van der Waals surface area contributed by atoms with E-state index in [1.807, 2.05) is 24.3 Å². The minimum atomic E-state index is 0.486. The molecule has 0 saturated heterocycles. The van der Waals surface area contributed by atoms with Gasteiger partial charge in [-0.1, -0.05) is 19.1 Å². The predicted molar refractivity (Wildman–Crippen MR) is 64.2 cm³/mol. The smallest absolute Gasteiger partial charge is 0.118 e. The van der Waals surface area contributed by atoms with Crippen LogP contribution in [0.1, 0.15) is 18.9 Å². The van der Waals surface area contributed by atoms with Crippen LogP contribution in [-0.4, -0.2) is 25.1 Å². The summed E-state index contributed by atoms with van der Waals surface area (Å²) in [5.41, 5.74) is 1.21. The van der Waals surface area contributed by atoms with Crippen molar-refractivity contribution in [3.8, 4) is 11.8 Å². The third-order valence-electron chi connectivity index (χ3n) is 2.40. The molecule has 0 heterocycles. The van der Waals surface area contributed by atoms with Gasteiger partial charge in [0.2, 0.25) is 0 Å². The molecule has 0 amide bonds. The van der Waals surface area contributed by atoms with Gasteiger partial charge in [-0.25, -0.2) is 0 Å². The first-order valence-corrected chi connectivity index (χ1v) is 5.52. The standard InChI is InChI=1S/C13H18N2O/c1-3-9-15(10-8-14)11-12-4-6-13(16-2)7-5-12/h4-7H,3,9-11H2,1-2H3. The molecular formula is C13H18N2O. The Morgan fingerprint density at radius 2 is 2.00 bits per heavy atom. The van der Waals surface area contributed by atoms with Crippen molar-refractivity contribution in [3.63, 3.8) is 0 Å². The van der Waals surface area contributed by atoms with Crippen LogP contribution in [0.15, 0.2) is 24.3 Å². The van der Waals surface area contributed by atoms with Crippen molar-refractivity contribution in [1.29, 1.82) is 5.26 Å². The number of benzene rings is 1. The van der Waals surface area contributed by atoms with Crippen molar-refractivity contribution in [2.75, 3.05) is 20.2 Å². The van der Waals surface area contributed by atoms with Crippen molar-refractivity contribution < 1.29 is 4.74 Å². The summed E-state index contributed by atoms with van der Waals surface area (Å²) >= 11 is 0. The molecule has 3 heteroatoms. The Hall–Kier alpha value is -1.53. The lowest BCUT2D eigenvalue weighted by molar-refractivity contribution is 0.298.